The lowest BCUT2D eigenvalue weighted by atomic mass is 9.93. The van der Waals surface area contributed by atoms with Crippen LogP contribution in [0.25, 0.3) is 0 Å². The Bertz CT molecular complexity index is 451. The summed E-state index contributed by atoms with van der Waals surface area (Å²) in [5, 5.41) is 0. The summed E-state index contributed by atoms with van der Waals surface area (Å²) in [6, 6.07) is 0.109. The smallest absolute Gasteiger partial charge is 0.158 e. The lowest BCUT2D eigenvalue weighted by molar-refractivity contribution is -0.0327. The molecule has 19 heavy (non-hydrogen) atoms. The average molecular weight is 262 g/mol. The number of rotatable bonds is 2. The van der Waals surface area contributed by atoms with Gasteiger partial charge in [-0.1, -0.05) is 6.92 Å². The van der Waals surface area contributed by atoms with Gasteiger partial charge in [0.25, 0.3) is 0 Å². The first-order valence-electron chi connectivity index (χ1n) is 7.23. The molecule has 5 nitrogen and oxygen atoms in total. The summed E-state index contributed by atoms with van der Waals surface area (Å²) in [5.41, 5.74) is 8.35. The van der Waals surface area contributed by atoms with Crippen LogP contribution in [0, 0.1) is 0 Å². The Hall–Kier alpha value is -1.04. The number of likely N-dealkylation sites (N-methyl/N-ethyl adjacent to an activating group) is 1. The highest BCUT2D eigenvalue weighted by atomic mass is 16.5. The highest BCUT2D eigenvalue weighted by Crippen LogP contribution is 2.27. The summed E-state index contributed by atoms with van der Waals surface area (Å²) in [5.74, 6) is 0.825. The standard InChI is InChI=1S/C14H22N4O/c1-2-18-6-7-19-13(9-18)14-16-8-10-11(15)4-3-5-12(10)17-14/h8,11,13H,2-7,9,15H2,1H3. The summed E-state index contributed by atoms with van der Waals surface area (Å²) in [4.78, 5) is 11.6. The molecule has 1 aliphatic carbocycles. The van der Waals surface area contributed by atoms with Crippen LogP contribution in [-0.4, -0.2) is 41.1 Å². The Morgan fingerprint density at radius 1 is 1.53 bits per heavy atom. The predicted molar refractivity (Wildman–Crippen MR) is 72.7 cm³/mol. The molecular weight excluding hydrogens is 240 g/mol. The fourth-order valence-corrected chi connectivity index (χ4v) is 2.90. The highest BCUT2D eigenvalue weighted by molar-refractivity contribution is 5.24. The molecule has 104 valence electrons. The zero-order chi connectivity index (χ0) is 13.2. The van der Waals surface area contributed by atoms with Crippen LogP contribution < -0.4 is 5.73 Å². The molecule has 0 aromatic carbocycles. The van der Waals surface area contributed by atoms with E-state index in [9.17, 15) is 0 Å². The molecule has 0 amide bonds. The van der Waals surface area contributed by atoms with Crippen LogP contribution in [0.5, 0.6) is 0 Å². The number of morpholine rings is 1. The molecule has 2 atom stereocenters. The summed E-state index contributed by atoms with van der Waals surface area (Å²) >= 11 is 0. The third-order valence-corrected chi connectivity index (χ3v) is 4.13. The number of hydrogen-bond acceptors (Lipinski definition) is 5. The van der Waals surface area contributed by atoms with Gasteiger partial charge in [-0.15, -0.1) is 0 Å². The van der Waals surface area contributed by atoms with Gasteiger partial charge in [0.05, 0.1) is 6.61 Å². The van der Waals surface area contributed by atoms with E-state index in [-0.39, 0.29) is 12.1 Å². The summed E-state index contributed by atoms with van der Waals surface area (Å²) in [7, 11) is 0. The summed E-state index contributed by atoms with van der Waals surface area (Å²) in [6.45, 7) is 5.88. The number of aromatic nitrogens is 2. The maximum Gasteiger partial charge on any atom is 0.158 e. The largest absolute Gasteiger partial charge is 0.368 e. The fourth-order valence-electron chi connectivity index (χ4n) is 2.90. The Labute approximate surface area is 114 Å². The second kappa shape index (κ2) is 5.53. The van der Waals surface area contributed by atoms with Crippen molar-refractivity contribution in [2.24, 2.45) is 5.73 Å². The normalized spacial score (nSPS) is 28.1. The maximum absolute atomic E-state index is 6.10. The van der Waals surface area contributed by atoms with Crippen molar-refractivity contribution in [2.45, 2.75) is 38.3 Å². The van der Waals surface area contributed by atoms with Crippen molar-refractivity contribution in [2.75, 3.05) is 26.2 Å². The molecule has 3 rings (SSSR count). The molecule has 2 heterocycles. The van der Waals surface area contributed by atoms with E-state index in [2.05, 4.69) is 16.8 Å². The minimum absolute atomic E-state index is 0.0113. The van der Waals surface area contributed by atoms with Gasteiger partial charge >= 0.3 is 0 Å². The number of fused-ring (bicyclic) bond motifs is 1. The molecule has 2 unspecified atom stereocenters. The first kappa shape index (κ1) is 13.0. The van der Waals surface area contributed by atoms with Crippen LogP contribution in [0.2, 0.25) is 0 Å². The molecule has 2 aliphatic rings. The van der Waals surface area contributed by atoms with Crippen molar-refractivity contribution in [1.82, 2.24) is 14.9 Å². The van der Waals surface area contributed by atoms with Gasteiger partial charge in [0, 0.05) is 36.6 Å². The zero-order valence-corrected chi connectivity index (χ0v) is 11.5. The molecule has 5 heteroatoms. The van der Waals surface area contributed by atoms with Crippen molar-refractivity contribution < 1.29 is 4.74 Å². The minimum Gasteiger partial charge on any atom is -0.368 e. The maximum atomic E-state index is 6.10. The van der Waals surface area contributed by atoms with Gasteiger partial charge in [-0.25, -0.2) is 9.97 Å². The molecule has 0 spiro atoms. The van der Waals surface area contributed by atoms with E-state index in [1.807, 2.05) is 6.20 Å². The minimum atomic E-state index is 0.0113. The third kappa shape index (κ3) is 2.63. The van der Waals surface area contributed by atoms with Gasteiger partial charge in [-0.3, -0.25) is 4.90 Å². The first-order valence-corrected chi connectivity index (χ1v) is 7.23. The highest BCUT2D eigenvalue weighted by Gasteiger charge is 2.25. The lowest BCUT2D eigenvalue weighted by Crippen LogP contribution is -2.38. The van der Waals surface area contributed by atoms with E-state index >= 15 is 0 Å². The Balaban J connectivity index is 1.81. The van der Waals surface area contributed by atoms with Crippen LogP contribution in [0.4, 0.5) is 0 Å². The van der Waals surface area contributed by atoms with Crippen LogP contribution >= 0.6 is 0 Å². The van der Waals surface area contributed by atoms with Gasteiger partial charge in [-0.2, -0.15) is 0 Å². The number of nitrogens with zero attached hydrogens (tertiary/aromatic N) is 3. The van der Waals surface area contributed by atoms with Crippen molar-refractivity contribution >= 4 is 0 Å². The molecule has 2 N–H and O–H groups in total. The molecule has 1 saturated heterocycles. The van der Waals surface area contributed by atoms with E-state index in [1.54, 1.807) is 0 Å². The second-order valence-electron chi connectivity index (χ2n) is 5.38. The number of hydrogen-bond donors (Lipinski definition) is 1. The van der Waals surface area contributed by atoms with E-state index < -0.39 is 0 Å². The lowest BCUT2D eigenvalue weighted by Gasteiger charge is -2.31. The Kier molecular flexibility index (Phi) is 3.77. The number of aryl methyl sites for hydroxylation is 1. The molecular formula is C14H22N4O. The van der Waals surface area contributed by atoms with Crippen molar-refractivity contribution in [1.29, 1.82) is 0 Å². The summed E-state index contributed by atoms with van der Waals surface area (Å²) < 4.78 is 5.82. The van der Waals surface area contributed by atoms with Crippen LogP contribution in [0.1, 0.15) is 49.0 Å². The third-order valence-electron chi connectivity index (χ3n) is 4.13. The van der Waals surface area contributed by atoms with E-state index in [1.165, 1.54) is 0 Å². The van der Waals surface area contributed by atoms with E-state index in [0.29, 0.717) is 0 Å². The van der Waals surface area contributed by atoms with Crippen molar-refractivity contribution in [3.05, 3.63) is 23.3 Å². The number of ether oxygens (including phenoxy) is 1. The van der Waals surface area contributed by atoms with E-state index in [4.69, 9.17) is 15.5 Å². The predicted octanol–water partition coefficient (Wildman–Crippen LogP) is 1.21. The van der Waals surface area contributed by atoms with Gasteiger partial charge in [0.2, 0.25) is 0 Å². The SMILES string of the molecule is CCN1CCOC(c2ncc3c(n2)CCCC3N)C1. The Morgan fingerprint density at radius 3 is 3.26 bits per heavy atom. The molecule has 1 fully saturated rings. The Morgan fingerprint density at radius 2 is 2.42 bits per heavy atom. The number of nitrogens with two attached hydrogens (primary N) is 1. The molecule has 0 radical (unpaired) electrons. The molecule has 1 aromatic heterocycles. The topological polar surface area (TPSA) is 64.3 Å². The average Bonchev–Trinajstić information content (AvgIpc) is 2.47. The van der Waals surface area contributed by atoms with E-state index in [0.717, 1.165) is 62.6 Å². The van der Waals surface area contributed by atoms with Crippen LogP contribution in [-0.2, 0) is 11.2 Å². The van der Waals surface area contributed by atoms with Crippen LogP contribution in [0.15, 0.2) is 6.20 Å². The van der Waals surface area contributed by atoms with Crippen molar-refractivity contribution in [3.8, 4) is 0 Å². The van der Waals surface area contributed by atoms with Crippen LogP contribution in [0.3, 0.4) is 0 Å². The molecule has 1 aliphatic heterocycles. The molecule has 0 saturated carbocycles. The molecule has 0 bridgehead atoms. The molecule has 1 aromatic rings. The second-order valence-corrected chi connectivity index (χ2v) is 5.38. The fraction of sp³-hybridized carbons (Fsp3) is 0.714. The van der Waals surface area contributed by atoms with Gasteiger partial charge in [-0.05, 0) is 25.8 Å². The van der Waals surface area contributed by atoms with Gasteiger partial charge in [0.1, 0.15) is 6.10 Å². The zero-order valence-electron chi connectivity index (χ0n) is 11.5. The van der Waals surface area contributed by atoms with Crippen molar-refractivity contribution in [3.63, 3.8) is 0 Å². The first-order chi connectivity index (χ1) is 9.28. The van der Waals surface area contributed by atoms with Gasteiger partial charge in [0.15, 0.2) is 5.82 Å². The van der Waals surface area contributed by atoms with Gasteiger partial charge < -0.3 is 10.5 Å². The quantitative estimate of drug-likeness (QED) is 0.868. The monoisotopic (exact) mass is 262 g/mol. The summed E-state index contributed by atoms with van der Waals surface area (Å²) in [6.07, 6.45) is 5.10.